The summed E-state index contributed by atoms with van der Waals surface area (Å²) in [7, 11) is 0. The van der Waals surface area contributed by atoms with E-state index < -0.39 is 5.41 Å². The number of carbonyl (C=O) groups excluding carboxylic acids is 1. The van der Waals surface area contributed by atoms with Crippen molar-refractivity contribution < 1.29 is 14.3 Å². The molecule has 1 N–H and O–H groups in total. The number of benzene rings is 1. The van der Waals surface area contributed by atoms with E-state index in [4.69, 9.17) is 15.9 Å². The maximum Gasteiger partial charge on any atom is 0.233 e. The molecule has 1 aliphatic carbocycles. The van der Waals surface area contributed by atoms with Gasteiger partial charge in [0, 0.05) is 11.8 Å². The van der Waals surface area contributed by atoms with Gasteiger partial charge in [-0.3, -0.25) is 4.79 Å². The molecule has 140 valence electrons. The van der Waals surface area contributed by atoms with E-state index in [1.165, 1.54) is 19.3 Å². The molecule has 2 fully saturated rings. The summed E-state index contributed by atoms with van der Waals surface area (Å²) in [5, 5.41) is 3.14. The number of amides is 1. The average Bonchev–Trinajstić information content (AvgIpc) is 2.96. The molecule has 26 heavy (non-hydrogen) atoms. The SMILES string of the molecule is C#CCOc1cccc(NC(=O)C2(C3CCCCC3)CC(C)OC2C)c1. The second-order valence-corrected chi connectivity index (χ2v) is 7.64. The Bertz CT molecular complexity index is 674. The Balaban J connectivity index is 1.81. The summed E-state index contributed by atoms with van der Waals surface area (Å²) < 4.78 is 11.5. The Morgan fingerprint density at radius 3 is 2.77 bits per heavy atom. The predicted octanol–water partition coefficient (Wildman–Crippen LogP) is 4.40. The van der Waals surface area contributed by atoms with Crippen LogP contribution >= 0.6 is 0 Å². The van der Waals surface area contributed by atoms with Crippen molar-refractivity contribution in [2.45, 2.75) is 64.6 Å². The first-order valence-electron chi connectivity index (χ1n) is 9.69. The van der Waals surface area contributed by atoms with E-state index in [0.717, 1.165) is 24.9 Å². The summed E-state index contributed by atoms with van der Waals surface area (Å²) in [5.74, 6) is 3.58. The van der Waals surface area contributed by atoms with Gasteiger partial charge in [-0.15, -0.1) is 6.42 Å². The number of ether oxygens (including phenoxy) is 2. The molecular weight excluding hydrogens is 326 g/mol. The molecule has 1 amide bonds. The van der Waals surface area contributed by atoms with Gasteiger partial charge in [-0.25, -0.2) is 0 Å². The normalized spacial score (nSPS) is 29.1. The molecule has 3 rings (SSSR count). The van der Waals surface area contributed by atoms with E-state index in [0.29, 0.717) is 11.7 Å². The molecule has 0 bridgehead atoms. The van der Waals surface area contributed by atoms with Crippen LogP contribution in [0.25, 0.3) is 0 Å². The zero-order valence-corrected chi connectivity index (χ0v) is 15.8. The Kier molecular flexibility index (Phi) is 5.88. The fourth-order valence-electron chi connectivity index (χ4n) is 4.77. The van der Waals surface area contributed by atoms with Crippen molar-refractivity contribution in [2.75, 3.05) is 11.9 Å². The summed E-state index contributed by atoms with van der Waals surface area (Å²) in [5.41, 5.74) is 0.293. The van der Waals surface area contributed by atoms with Crippen LogP contribution in [0.15, 0.2) is 24.3 Å². The number of terminal acetylenes is 1. The van der Waals surface area contributed by atoms with Gasteiger partial charge in [0.1, 0.15) is 12.4 Å². The van der Waals surface area contributed by atoms with E-state index >= 15 is 0 Å². The van der Waals surface area contributed by atoms with Gasteiger partial charge >= 0.3 is 0 Å². The predicted molar refractivity (Wildman–Crippen MR) is 103 cm³/mol. The van der Waals surface area contributed by atoms with Crippen LogP contribution in [0.5, 0.6) is 5.75 Å². The molecule has 1 heterocycles. The Morgan fingerprint density at radius 2 is 2.12 bits per heavy atom. The molecule has 2 aliphatic rings. The highest BCUT2D eigenvalue weighted by atomic mass is 16.5. The van der Waals surface area contributed by atoms with Crippen molar-refractivity contribution in [3.8, 4) is 18.1 Å². The molecule has 0 spiro atoms. The van der Waals surface area contributed by atoms with E-state index in [1.54, 1.807) is 0 Å². The van der Waals surface area contributed by atoms with Crippen LogP contribution in [-0.4, -0.2) is 24.7 Å². The third kappa shape index (κ3) is 3.73. The topological polar surface area (TPSA) is 47.6 Å². The first-order chi connectivity index (χ1) is 12.6. The number of nitrogens with one attached hydrogen (secondary N) is 1. The van der Waals surface area contributed by atoms with E-state index in [-0.39, 0.29) is 24.7 Å². The van der Waals surface area contributed by atoms with Crippen LogP contribution < -0.4 is 10.1 Å². The molecule has 1 aliphatic heterocycles. The largest absolute Gasteiger partial charge is 0.481 e. The second-order valence-electron chi connectivity index (χ2n) is 7.64. The fourth-order valence-corrected chi connectivity index (χ4v) is 4.77. The maximum absolute atomic E-state index is 13.5. The van der Waals surface area contributed by atoms with Crippen LogP contribution in [0, 0.1) is 23.7 Å². The van der Waals surface area contributed by atoms with Crippen molar-refractivity contribution in [2.24, 2.45) is 11.3 Å². The molecule has 1 saturated heterocycles. The molecule has 0 aromatic heterocycles. The molecule has 0 radical (unpaired) electrons. The van der Waals surface area contributed by atoms with Gasteiger partial charge in [-0.05, 0) is 51.2 Å². The molecule has 4 heteroatoms. The van der Waals surface area contributed by atoms with Crippen LogP contribution in [0.2, 0.25) is 0 Å². The van der Waals surface area contributed by atoms with Gasteiger partial charge in [0.15, 0.2) is 0 Å². The highest BCUT2D eigenvalue weighted by Gasteiger charge is 2.55. The van der Waals surface area contributed by atoms with Crippen molar-refractivity contribution >= 4 is 11.6 Å². The van der Waals surface area contributed by atoms with E-state index in [2.05, 4.69) is 25.1 Å². The lowest BCUT2D eigenvalue weighted by Crippen LogP contribution is -2.48. The van der Waals surface area contributed by atoms with Gasteiger partial charge in [-0.1, -0.05) is 31.2 Å². The minimum Gasteiger partial charge on any atom is -0.481 e. The monoisotopic (exact) mass is 355 g/mol. The van der Waals surface area contributed by atoms with Gasteiger partial charge in [0.2, 0.25) is 5.91 Å². The molecule has 3 atom stereocenters. The fraction of sp³-hybridized carbons (Fsp3) is 0.591. The van der Waals surface area contributed by atoms with Crippen LogP contribution in [-0.2, 0) is 9.53 Å². The number of hydrogen-bond donors (Lipinski definition) is 1. The highest BCUT2D eigenvalue weighted by molar-refractivity contribution is 5.96. The summed E-state index contributed by atoms with van der Waals surface area (Å²) >= 11 is 0. The molecule has 1 aromatic carbocycles. The zero-order valence-electron chi connectivity index (χ0n) is 15.8. The maximum atomic E-state index is 13.5. The standard InChI is InChI=1S/C22H29NO3/c1-4-13-25-20-12-8-11-19(14-20)23-21(24)22(15-16(2)26-17(22)3)18-9-6-5-7-10-18/h1,8,11-12,14,16-18H,5-7,9-10,13,15H2,2-3H3,(H,23,24). The molecule has 1 saturated carbocycles. The molecular formula is C22H29NO3. The first-order valence-corrected chi connectivity index (χ1v) is 9.69. The third-order valence-electron chi connectivity index (χ3n) is 5.96. The van der Waals surface area contributed by atoms with E-state index in [9.17, 15) is 4.79 Å². The van der Waals surface area contributed by atoms with Crippen molar-refractivity contribution in [3.05, 3.63) is 24.3 Å². The number of carbonyl (C=O) groups is 1. The van der Waals surface area contributed by atoms with Gasteiger partial charge in [0.25, 0.3) is 0 Å². The molecule has 4 nitrogen and oxygen atoms in total. The quantitative estimate of drug-likeness (QED) is 0.796. The summed E-state index contributed by atoms with van der Waals surface area (Å²) in [6.07, 6.45) is 12.0. The molecule has 3 unspecified atom stereocenters. The average molecular weight is 355 g/mol. The van der Waals surface area contributed by atoms with Crippen LogP contribution in [0.1, 0.15) is 52.4 Å². The van der Waals surface area contributed by atoms with Gasteiger partial charge < -0.3 is 14.8 Å². The van der Waals surface area contributed by atoms with Gasteiger partial charge in [0.05, 0.1) is 17.6 Å². The lowest BCUT2D eigenvalue weighted by atomic mass is 9.64. The lowest BCUT2D eigenvalue weighted by molar-refractivity contribution is -0.133. The number of hydrogen-bond acceptors (Lipinski definition) is 3. The summed E-state index contributed by atoms with van der Waals surface area (Å²) in [4.78, 5) is 13.5. The Morgan fingerprint density at radius 1 is 1.35 bits per heavy atom. The zero-order chi connectivity index (χ0) is 18.6. The first kappa shape index (κ1) is 18.8. The van der Waals surface area contributed by atoms with Crippen molar-refractivity contribution in [1.29, 1.82) is 0 Å². The Hall–Kier alpha value is -1.99. The smallest absolute Gasteiger partial charge is 0.233 e. The minimum atomic E-state index is -0.449. The Labute approximate surface area is 156 Å². The van der Waals surface area contributed by atoms with Gasteiger partial charge in [-0.2, -0.15) is 0 Å². The van der Waals surface area contributed by atoms with E-state index in [1.807, 2.05) is 24.3 Å². The summed E-state index contributed by atoms with van der Waals surface area (Å²) in [6, 6.07) is 7.42. The summed E-state index contributed by atoms with van der Waals surface area (Å²) in [6.45, 7) is 4.35. The third-order valence-corrected chi connectivity index (χ3v) is 5.96. The van der Waals surface area contributed by atoms with Crippen LogP contribution in [0.4, 0.5) is 5.69 Å². The second kappa shape index (κ2) is 8.14. The number of anilines is 1. The lowest BCUT2D eigenvalue weighted by Gasteiger charge is -2.40. The van der Waals surface area contributed by atoms with Crippen molar-refractivity contribution in [3.63, 3.8) is 0 Å². The molecule has 1 aromatic rings. The minimum absolute atomic E-state index is 0.0681. The van der Waals surface area contributed by atoms with Crippen molar-refractivity contribution in [1.82, 2.24) is 0 Å². The highest BCUT2D eigenvalue weighted by Crippen LogP contribution is 2.50. The van der Waals surface area contributed by atoms with Crippen LogP contribution in [0.3, 0.4) is 0 Å². The number of rotatable bonds is 5.